The maximum Gasteiger partial charge on any atom is 0.261 e. The van der Waals surface area contributed by atoms with Gasteiger partial charge < -0.3 is 5.32 Å². The Morgan fingerprint density at radius 1 is 0.885 bits per heavy atom. The molecule has 0 fully saturated rings. The summed E-state index contributed by atoms with van der Waals surface area (Å²) in [5.74, 6) is -2.62. The molecule has 0 unspecified atom stereocenters. The van der Waals surface area contributed by atoms with Crippen LogP contribution in [-0.4, -0.2) is 10.9 Å². The van der Waals surface area contributed by atoms with E-state index in [1.165, 1.54) is 6.07 Å². The fourth-order valence-electron chi connectivity index (χ4n) is 2.60. The monoisotopic (exact) mass is 366 g/mol. The molecule has 0 saturated heterocycles. The molecule has 0 aliphatic heterocycles. The lowest BCUT2D eigenvalue weighted by atomic mass is 10.1. The van der Waals surface area contributed by atoms with Crippen LogP contribution in [0.15, 0.2) is 66.7 Å². The van der Waals surface area contributed by atoms with Crippen LogP contribution in [0.2, 0.25) is 0 Å². The first-order chi connectivity index (χ1) is 12.6. The zero-order valence-corrected chi connectivity index (χ0v) is 14.2. The van der Waals surface area contributed by atoms with Crippen molar-refractivity contribution in [1.29, 1.82) is 0 Å². The van der Waals surface area contributed by atoms with Gasteiger partial charge in [0.25, 0.3) is 5.91 Å². The molecule has 0 radical (unpaired) electrons. The van der Waals surface area contributed by atoms with Gasteiger partial charge in [0, 0.05) is 11.3 Å². The first kappa shape index (κ1) is 16.4. The molecule has 0 saturated carbocycles. The van der Waals surface area contributed by atoms with Crippen molar-refractivity contribution < 1.29 is 13.6 Å². The Bertz CT molecular complexity index is 1050. The van der Waals surface area contributed by atoms with Crippen molar-refractivity contribution in [1.82, 2.24) is 4.98 Å². The van der Waals surface area contributed by atoms with Crippen LogP contribution < -0.4 is 5.32 Å². The molecule has 1 aromatic heterocycles. The highest BCUT2D eigenvalue weighted by atomic mass is 32.1. The molecule has 0 spiro atoms. The quantitative estimate of drug-likeness (QED) is 0.521. The minimum atomic E-state index is -0.895. The summed E-state index contributed by atoms with van der Waals surface area (Å²) in [7, 11) is 0. The number of halogens is 2. The number of amides is 1. The summed E-state index contributed by atoms with van der Waals surface area (Å²) in [5.41, 5.74) is 1.69. The number of thiazole rings is 1. The molecular formula is C20H12F2N2OS. The average Bonchev–Trinajstić information content (AvgIpc) is 3.06. The van der Waals surface area contributed by atoms with E-state index in [4.69, 9.17) is 0 Å². The van der Waals surface area contributed by atoms with Crippen molar-refractivity contribution in [3.8, 4) is 10.6 Å². The summed E-state index contributed by atoms with van der Waals surface area (Å²) < 4.78 is 28.5. The standard InChI is InChI=1S/C20H12F2N2OS/c21-14-4-3-5-15(22)18(14)19(25)23-13-10-8-12(9-11-13)20-24-16-6-1-2-7-17(16)26-20/h1-11H,(H,23,25). The number of rotatable bonds is 3. The Kier molecular flexibility index (Phi) is 4.18. The molecule has 1 heterocycles. The minimum absolute atomic E-state index is 0.447. The lowest BCUT2D eigenvalue weighted by molar-refractivity contribution is 0.101. The van der Waals surface area contributed by atoms with Crippen molar-refractivity contribution in [3.63, 3.8) is 0 Å². The van der Waals surface area contributed by atoms with Crippen molar-refractivity contribution in [3.05, 3.63) is 83.9 Å². The van der Waals surface area contributed by atoms with E-state index in [1.807, 2.05) is 36.4 Å². The van der Waals surface area contributed by atoms with Gasteiger partial charge in [0.1, 0.15) is 22.2 Å². The highest BCUT2D eigenvalue weighted by Crippen LogP contribution is 2.30. The van der Waals surface area contributed by atoms with Gasteiger partial charge in [0.2, 0.25) is 0 Å². The number of carbonyl (C=O) groups is 1. The van der Waals surface area contributed by atoms with Crippen LogP contribution in [0.1, 0.15) is 10.4 Å². The Morgan fingerprint density at radius 3 is 2.27 bits per heavy atom. The molecule has 26 heavy (non-hydrogen) atoms. The molecule has 1 N–H and O–H groups in total. The zero-order chi connectivity index (χ0) is 18.1. The van der Waals surface area contributed by atoms with Crippen LogP contribution in [0.4, 0.5) is 14.5 Å². The Balaban J connectivity index is 1.57. The van der Waals surface area contributed by atoms with Crippen LogP contribution >= 0.6 is 11.3 Å². The van der Waals surface area contributed by atoms with Crippen LogP contribution in [0.5, 0.6) is 0 Å². The van der Waals surface area contributed by atoms with Gasteiger partial charge in [-0.2, -0.15) is 0 Å². The number of nitrogens with zero attached hydrogens (tertiary/aromatic N) is 1. The molecule has 1 amide bonds. The third-order valence-electron chi connectivity index (χ3n) is 3.87. The van der Waals surface area contributed by atoms with Gasteiger partial charge in [-0.1, -0.05) is 18.2 Å². The van der Waals surface area contributed by atoms with Gasteiger partial charge in [-0.05, 0) is 48.5 Å². The van der Waals surface area contributed by atoms with E-state index in [2.05, 4.69) is 10.3 Å². The lowest BCUT2D eigenvalue weighted by Gasteiger charge is -2.07. The molecule has 3 aromatic carbocycles. The fraction of sp³-hybridized carbons (Fsp3) is 0. The maximum absolute atomic E-state index is 13.7. The molecule has 3 nitrogen and oxygen atoms in total. The number of aromatic nitrogens is 1. The van der Waals surface area contributed by atoms with Crippen molar-refractivity contribution in [2.75, 3.05) is 5.32 Å². The number of anilines is 1. The molecule has 6 heteroatoms. The Hall–Kier alpha value is -3.12. The highest BCUT2D eigenvalue weighted by Gasteiger charge is 2.17. The average molecular weight is 366 g/mol. The van der Waals surface area contributed by atoms with Gasteiger partial charge in [0.05, 0.1) is 10.2 Å². The first-order valence-corrected chi connectivity index (χ1v) is 8.65. The smallest absolute Gasteiger partial charge is 0.261 e. The van der Waals surface area contributed by atoms with E-state index in [0.717, 1.165) is 32.9 Å². The molecular weight excluding hydrogens is 354 g/mol. The molecule has 4 rings (SSSR count). The third-order valence-corrected chi connectivity index (χ3v) is 4.96. The summed E-state index contributed by atoms with van der Waals surface area (Å²) in [6, 6.07) is 18.2. The largest absolute Gasteiger partial charge is 0.322 e. The summed E-state index contributed by atoms with van der Waals surface area (Å²) in [4.78, 5) is 16.7. The second-order valence-corrected chi connectivity index (χ2v) is 6.65. The normalized spacial score (nSPS) is 10.8. The summed E-state index contributed by atoms with van der Waals surface area (Å²) in [6.45, 7) is 0. The number of fused-ring (bicyclic) bond motifs is 1. The minimum Gasteiger partial charge on any atom is -0.322 e. The van der Waals surface area contributed by atoms with Crippen LogP contribution in [0, 0.1) is 11.6 Å². The lowest BCUT2D eigenvalue weighted by Crippen LogP contribution is -2.15. The first-order valence-electron chi connectivity index (χ1n) is 7.83. The van der Waals surface area contributed by atoms with Gasteiger partial charge in [0.15, 0.2) is 0 Å². The van der Waals surface area contributed by atoms with E-state index in [1.54, 1.807) is 23.5 Å². The topological polar surface area (TPSA) is 42.0 Å². The fourth-order valence-corrected chi connectivity index (χ4v) is 3.57. The predicted molar refractivity (Wildman–Crippen MR) is 99.4 cm³/mol. The summed E-state index contributed by atoms with van der Waals surface area (Å²) in [6.07, 6.45) is 0. The number of hydrogen-bond acceptors (Lipinski definition) is 3. The van der Waals surface area contributed by atoms with Crippen LogP contribution in [-0.2, 0) is 0 Å². The van der Waals surface area contributed by atoms with Crippen molar-refractivity contribution in [2.24, 2.45) is 0 Å². The molecule has 0 bridgehead atoms. The van der Waals surface area contributed by atoms with Crippen LogP contribution in [0.3, 0.4) is 0 Å². The Labute approximate surface area is 151 Å². The summed E-state index contributed by atoms with van der Waals surface area (Å²) >= 11 is 1.57. The molecule has 4 aromatic rings. The molecule has 0 aliphatic carbocycles. The van der Waals surface area contributed by atoms with Gasteiger partial charge in [-0.15, -0.1) is 11.3 Å². The van der Waals surface area contributed by atoms with Crippen molar-refractivity contribution in [2.45, 2.75) is 0 Å². The number of nitrogens with one attached hydrogen (secondary N) is 1. The van der Waals surface area contributed by atoms with Crippen molar-refractivity contribution >= 4 is 33.1 Å². The Morgan fingerprint density at radius 2 is 1.58 bits per heavy atom. The van der Waals surface area contributed by atoms with E-state index in [9.17, 15) is 13.6 Å². The van der Waals surface area contributed by atoms with E-state index < -0.39 is 23.1 Å². The molecule has 0 aliphatic rings. The SMILES string of the molecule is O=C(Nc1ccc(-c2nc3ccccc3s2)cc1)c1c(F)cccc1F. The number of benzene rings is 3. The number of hydrogen-bond donors (Lipinski definition) is 1. The summed E-state index contributed by atoms with van der Waals surface area (Å²) in [5, 5.41) is 3.37. The molecule has 128 valence electrons. The van der Waals surface area contributed by atoms with Gasteiger partial charge in [-0.3, -0.25) is 4.79 Å². The number of para-hydroxylation sites is 1. The predicted octanol–water partition coefficient (Wildman–Crippen LogP) is 5.49. The second-order valence-electron chi connectivity index (χ2n) is 5.61. The second kappa shape index (κ2) is 6.65. The van der Waals surface area contributed by atoms with E-state index in [-0.39, 0.29) is 0 Å². The molecule has 0 atom stereocenters. The number of carbonyl (C=O) groups excluding carboxylic acids is 1. The van der Waals surface area contributed by atoms with E-state index >= 15 is 0 Å². The van der Waals surface area contributed by atoms with Crippen LogP contribution in [0.25, 0.3) is 20.8 Å². The van der Waals surface area contributed by atoms with Gasteiger partial charge >= 0.3 is 0 Å². The zero-order valence-electron chi connectivity index (χ0n) is 13.4. The maximum atomic E-state index is 13.7. The van der Waals surface area contributed by atoms with E-state index in [0.29, 0.717) is 5.69 Å². The van der Waals surface area contributed by atoms with Gasteiger partial charge in [-0.25, -0.2) is 13.8 Å². The highest BCUT2D eigenvalue weighted by molar-refractivity contribution is 7.21. The third kappa shape index (κ3) is 3.07.